The maximum absolute atomic E-state index is 12.6. The first kappa shape index (κ1) is 21.0. The van der Waals surface area contributed by atoms with Gasteiger partial charge in [-0.15, -0.1) is 0 Å². The number of aryl methyl sites for hydroxylation is 2. The summed E-state index contributed by atoms with van der Waals surface area (Å²) < 4.78 is 16.6. The van der Waals surface area contributed by atoms with Crippen molar-refractivity contribution in [3.05, 3.63) is 59.2 Å². The number of carbonyl (C=O) groups excluding carboxylic acids is 1. The summed E-state index contributed by atoms with van der Waals surface area (Å²) in [5.41, 5.74) is 3.57. The molecule has 1 amide bonds. The molecule has 1 aliphatic heterocycles. The van der Waals surface area contributed by atoms with Gasteiger partial charge >= 0.3 is 0 Å². The standard InChI is InChI=1S/C23H26N4O4/c1-15-4-5-17(12-24-15)21-19(16(2)31-27-21)14-30-20-7-6-18(13-25-20)22(28)26-23(3)8-10-29-11-9-23/h4-7,12-13H,8-11,14H2,1-3H3,(H,26,28). The molecule has 0 bridgehead atoms. The Morgan fingerprint density at radius 2 is 1.94 bits per heavy atom. The third-order valence-corrected chi connectivity index (χ3v) is 5.54. The Kier molecular flexibility index (Phi) is 5.99. The molecule has 0 unspecified atom stereocenters. The number of pyridine rings is 2. The van der Waals surface area contributed by atoms with Crippen molar-refractivity contribution in [2.24, 2.45) is 0 Å². The summed E-state index contributed by atoms with van der Waals surface area (Å²) in [6, 6.07) is 7.28. The third-order valence-electron chi connectivity index (χ3n) is 5.54. The van der Waals surface area contributed by atoms with Gasteiger partial charge < -0.3 is 19.3 Å². The van der Waals surface area contributed by atoms with E-state index in [4.69, 9.17) is 14.0 Å². The molecule has 1 aliphatic rings. The quantitative estimate of drug-likeness (QED) is 0.647. The van der Waals surface area contributed by atoms with Crippen LogP contribution in [-0.4, -0.2) is 39.8 Å². The summed E-state index contributed by atoms with van der Waals surface area (Å²) in [6.07, 6.45) is 4.88. The summed E-state index contributed by atoms with van der Waals surface area (Å²) in [4.78, 5) is 21.2. The molecule has 8 nitrogen and oxygen atoms in total. The fourth-order valence-corrected chi connectivity index (χ4v) is 3.44. The normalized spacial score (nSPS) is 15.5. The molecule has 0 aromatic carbocycles. The topological polar surface area (TPSA) is 99.4 Å². The lowest BCUT2D eigenvalue weighted by Crippen LogP contribution is -2.49. The molecule has 0 aliphatic carbocycles. The van der Waals surface area contributed by atoms with Gasteiger partial charge in [-0.3, -0.25) is 9.78 Å². The highest BCUT2D eigenvalue weighted by atomic mass is 16.5. The van der Waals surface area contributed by atoms with E-state index in [0.29, 0.717) is 36.1 Å². The first-order valence-electron chi connectivity index (χ1n) is 10.3. The van der Waals surface area contributed by atoms with Gasteiger partial charge in [0.2, 0.25) is 5.88 Å². The minimum atomic E-state index is -0.252. The van der Waals surface area contributed by atoms with Crippen LogP contribution in [-0.2, 0) is 11.3 Å². The highest BCUT2D eigenvalue weighted by Gasteiger charge is 2.29. The summed E-state index contributed by atoms with van der Waals surface area (Å²) in [7, 11) is 0. The van der Waals surface area contributed by atoms with Gasteiger partial charge in [0.15, 0.2) is 0 Å². The van der Waals surface area contributed by atoms with Gasteiger partial charge in [0, 0.05) is 48.5 Å². The predicted molar refractivity (Wildman–Crippen MR) is 114 cm³/mol. The second-order valence-corrected chi connectivity index (χ2v) is 8.06. The second-order valence-electron chi connectivity index (χ2n) is 8.06. The van der Waals surface area contributed by atoms with Crippen LogP contribution in [0.2, 0.25) is 0 Å². The molecule has 162 valence electrons. The van der Waals surface area contributed by atoms with Crippen molar-refractivity contribution in [2.75, 3.05) is 13.2 Å². The summed E-state index contributed by atoms with van der Waals surface area (Å²) in [5.74, 6) is 0.950. The van der Waals surface area contributed by atoms with Crippen LogP contribution in [0.4, 0.5) is 0 Å². The molecule has 4 heterocycles. The van der Waals surface area contributed by atoms with Gasteiger partial charge in [0.25, 0.3) is 5.91 Å². The van der Waals surface area contributed by atoms with Crippen molar-refractivity contribution in [1.29, 1.82) is 0 Å². The lowest BCUT2D eigenvalue weighted by atomic mass is 9.92. The van der Waals surface area contributed by atoms with E-state index in [1.54, 1.807) is 18.3 Å². The maximum Gasteiger partial charge on any atom is 0.253 e. The Labute approximate surface area is 181 Å². The predicted octanol–water partition coefficient (Wildman–Crippen LogP) is 3.63. The molecule has 4 rings (SSSR count). The molecule has 1 saturated heterocycles. The van der Waals surface area contributed by atoms with Crippen LogP contribution in [0, 0.1) is 13.8 Å². The SMILES string of the molecule is Cc1ccc(-c2noc(C)c2COc2ccc(C(=O)NC3(C)CCOCC3)cn2)cn1. The molecule has 0 atom stereocenters. The van der Waals surface area contributed by atoms with E-state index < -0.39 is 0 Å². The molecule has 3 aromatic rings. The van der Waals surface area contributed by atoms with E-state index in [9.17, 15) is 4.79 Å². The molecule has 0 radical (unpaired) electrons. The number of nitrogens with one attached hydrogen (secondary N) is 1. The molecule has 0 saturated carbocycles. The minimum Gasteiger partial charge on any atom is -0.473 e. The highest BCUT2D eigenvalue weighted by Crippen LogP contribution is 2.26. The Hall–Kier alpha value is -3.26. The molecule has 0 spiro atoms. The van der Waals surface area contributed by atoms with E-state index in [0.717, 1.165) is 29.7 Å². The zero-order valence-electron chi connectivity index (χ0n) is 18.0. The van der Waals surface area contributed by atoms with Gasteiger partial charge in [0.1, 0.15) is 18.1 Å². The number of aromatic nitrogens is 3. The van der Waals surface area contributed by atoms with Gasteiger partial charge in [0.05, 0.1) is 11.1 Å². The first-order chi connectivity index (χ1) is 14.9. The monoisotopic (exact) mass is 422 g/mol. The average molecular weight is 422 g/mol. The van der Waals surface area contributed by atoms with E-state index in [1.165, 1.54) is 6.20 Å². The minimum absolute atomic E-state index is 0.146. The highest BCUT2D eigenvalue weighted by molar-refractivity contribution is 5.94. The zero-order chi connectivity index (χ0) is 21.8. The van der Waals surface area contributed by atoms with Crippen molar-refractivity contribution in [3.63, 3.8) is 0 Å². The number of carbonyl (C=O) groups is 1. The van der Waals surface area contributed by atoms with Crippen molar-refractivity contribution < 1.29 is 18.8 Å². The van der Waals surface area contributed by atoms with Crippen LogP contribution >= 0.6 is 0 Å². The average Bonchev–Trinajstić information content (AvgIpc) is 3.13. The Morgan fingerprint density at radius 3 is 2.61 bits per heavy atom. The maximum atomic E-state index is 12.6. The second kappa shape index (κ2) is 8.85. The van der Waals surface area contributed by atoms with Gasteiger partial charge in [-0.1, -0.05) is 5.16 Å². The number of amides is 1. The lowest BCUT2D eigenvalue weighted by molar-refractivity contribution is 0.0422. The summed E-state index contributed by atoms with van der Waals surface area (Å²) in [6.45, 7) is 7.38. The van der Waals surface area contributed by atoms with E-state index in [-0.39, 0.29) is 18.1 Å². The largest absolute Gasteiger partial charge is 0.473 e. The number of ether oxygens (including phenoxy) is 2. The van der Waals surface area contributed by atoms with Gasteiger partial charge in [-0.05, 0) is 51.8 Å². The van der Waals surface area contributed by atoms with E-state index in [1.807, 2.05) is 32.9 Å². The number of rotatable bonds is 6. The van der Waals surface area contributed by atoms with E-state index >= 15 is 0 Å². The molecule has 3 aromatic heterocycles. The Morgan fingerprint density at radius 1 is 1.13 bits per heavy atom. The van der Waals surface area contributed by atoms with Gasteiger partial charge in [-0.2, -0.15) is 0 Å². The molecule has 8 heteroatoms. The smallest absolute Gasteiger partial charge is 0.253 e. The van der Waals surface area contributed by atoms with Crippen LogP contribution in [0.25, 0.3) is 11.3 Å². The van der Waals surface area contributed by atoms with Crippen molar-refractivity contribution >= 4 is 5.91 Å². The van der Waals surface area contributed by atoms with Crippen molar-refractivity contribution in [1.82, 2.24) is 20.4 Å². The van der Waals surface area contributed by atoms with Crippen LogP contribution in [0.5, 0.6) is 5.88 Å². The van der Waals surface area contributed by atoms with Crippen LogP contribution in [0.15, 0.2) is 41.2 Å². The summed E-state index contributed by atoms with van der Waals surface area (Å²) >= 11 is 0. The fraction of sp³-hybridized carbons (Fsp3) is 0.391. The van der Waals surface area contributed by atoms with E-state index in [2.05, 4.69) is 20.4 Å². The third kappa shape index (κ3) is 4.91. The fourth-order valence-electron chi connectivity index (χ4n) is 3.44. The molecular formula is C23H26N4O4. The van der Waals surface area contributed by atoms with Crippen LogP contribution < -0.4 is 10.1 Å². The van der Waals surface area contributed by atoms with Crippen LogP contribution in [0.3, 0.4) is 0 Å². The first-order valence-corrected chi connectivity index (χ1v) is 10.3. The Bertz CT molecular complexity index is 1040. The molecular weight excluding hydrogens is 396 g/mol. The summed E-state index contributed by atoms with van der Waals surface area (Å²) in [5, 5.41) is 7.25. The molecule has 31 heavy (non-hydrogen) atoms. The lowest BCUT2D eigenvalue weighted by Gasteiger charge is -2.34. The number of hydrogen-bond donors (Lipinski definition) is 1. The molecule has 1 N–H and O–H groups in total. The Balaban J connectivity index is 1.41. The van der Waals surface area contributed by atoms with Gasteiger partial charge in [-0.25, -0.2) is 4.98 Å². The number of hydrogen-bond acceptors (Lipinski definition) is 7. The number of nitrogens with zero attached hydrogens (tertiary/aromatic N) is 3. The zero-order valence-corrected chi connectivity index (χ0v) is 18.0. The van der Waals surface area contributed by atoms with Crippen molar-refractivity contribution in [3.8, 4) is 17.1 Å². The molecule has 1 fully saturated rings. The van der Waals surface area contributed by atoms with Crippen LogP contribution in [0.1, 0.15) is 47.1 Å². The van der Waals surface area contributed by atoms with Crippen molar-refractivity contribution in [2.45, 2.75) is 45.8 Å².